The molecule has 2 aromatic rings. The minimum Gasteiger partial charge on any atom is -0.324 e. The van der Waals surface area contributed by atoms with Crippen LogP contribution in [0, 0.1) is 16.7 Å². The van der Waals surface area contributed by atoms with E-state index in [4.69, 9.17) is 0 Å². The Morgan fingerprint density at radius 2 is 1.76 bits per heavy atom. The smallest absolute Gasteiger partial charge is 0.244 e. The van der Waals surface area contributed by atoms with Crippen molar-refractivity contribution in [2.24, 2.45) is 5.41 Å². The quantitative estimate of drug-likeness (QED) is 0.909. The third-order valence-corrected chi connectivity index (χ3v) is 3.72. The van der Waals surface area contributed by atoms with Gasteiger partial charge in [-0.3, -0.25) is 4.79 Å². The first-order valence-electron chi connectivity index (χ1n) is 6.98. The van der Waals surface area contributed by atoms with Crippen LogP contribution in [-0.2, 0) is 4.79 Å². The van der Waals surface area contributed by atoms with Crippen LogP contribution in [0.1, 0.15) is 20.3 Å². The van der Waals surface area contributed by atoms with Gasteiger partial charge in [-0.2, -0.15) is 5.26 Å². The fraction of sp³-hybridized carbons (Fsp3) is 0.222. The van der Waals surface area contributed by atoms with E-state index < -0.39 is 5.41 Å². The molecule has 0 bridgehead atoms. The first-order chi connectivity index (χ1) is 10.1. The molecule has 0 saturated heterocycles. The lowest BCUT2D eigenvalue weighted by Crippen LogP contribution is -2.31. The molecule has 0 spiro atoms. The zero-order valence-corrected chi connectivity index (χ0v) is 12.3. The van der Waals surface area contributed by atoms with Crippen LogP contribution in [0.5, 0.6) is 0 Å². The molecule has 0 aliphatic heterocycles. The number of benzene rings is 2. The Morgan fingerprint density at radius 3 is 2.38 bits per heavy atom. The van der Waals surface area contributed by atoms with E-state index in [1.165, 1.54) is 0 Å². The zero-order chi connectivity index (χ0) is 15.3. The molecule has 0 saturated carbocycles. The van der Waals surface area contributed by atoms with Gasteiger partial charge in [0.15, 0.2) is 0 Å². The maximum Gasteiger partial charge on any atom is 0.244 e. The summed E-state index contributed by atoms with van der Waals surface area (Å²) in [5.74, 6) is -0.268. The lowest BCUT2D eigenvalue weighted by Gasteiger charge is -2.20. The van der Waals surface area contributed by atoms with E-state index >= 15 is 0 Å². The number of carbonyl (C=O) groups excluding carboxylic acids is 1. The number of hydrogen-bond donors (Lipinski definition) is 1. The molecule has 1 N–H and O–H groups in total. The van der Waals surface area contributed by atoms with Gasteiger partial charge in [0.2, 0.25) is 5.91 Å². The Balaban J connectivity index is 2.35. The number of nitriles is 1. The molecule has 21 heavy (non-hydrogen) atoms. The third-order valence-electron chi connectivity index (χ3n) is 3.72. The van der Waals surface area contributed by atoms with Gasteiger partial charge in [-0.1, -0.05) is 55.5 Å². The maximum atomic E-state index is 12.3. The third kappa shape index (κ3) is 3.11. The molecule has 0 fully saturated rings. The number of nitrogens with zero attached hydrogens (tertiary/aromatic N) is 1. The number of rotatable bonds is 4. The van der Waals surface area contributed by atoms with Gasteiger partial charge in [-0.05, 0) is 25.0 Å². The molecular formula is C18H18N2O. The Labute approximate surface area is 125 Å². The second-order valence-corrected chi connectivity index (χ2v) is 5.16. The molecule has 2 rings (SSSR count). The average Bonchev–Trinajstić information content (AvgIpc) is 2.55. The Morgan fingerprint density at radius 1 is 1.14 bits per heavy atom. The van der Waals surface area contributed by atoms with E-state index in [-0.39, 0.29) is 5.91 Å². The lowest BCUT2D eigenvalue weighted by atomic mass is 9.88. The molecular weight excluding hydrogens is 260 g/mol. The molecule has 1 amide bonds. The van der Waals surface area contributed by atoms with Crippen molar-refractivity contribution in [3.05, 3.63) is 54.6 Å². The van der Waals surface area contributed by atoms with Gasteiger partial charge in [0.1, 0.15) is 5.41 Å². The van der Waals surface area contributed by atoms with Crippen molar-refractivity contribution in [1.29, 1.82) is 5.26 Å². The van der Waals surface area contributed by atoms with Crippen LogP contribution in [0.4, 0.5) is 5.69 Å². The van der Waals surface area contributed by atoms with Crippen molar-refractivity contribution < 1.29 is 4.79 Å². The summed E-state index contributed by atoms with van der Waals surface area (Å²) in [5.41, 5.74) is 1.69. The molecule has 3 nitrogen and oxygen atoms in total. The summed E-state index contributed by atoms with van der Waals surface area (Å²) in [6, 6.07) is 19.6. The van der Waals surface area contributed by atoms with E-state index in [2.05, 4.69) is 11.4 Å². The summed E-state index contributed by atoms with van der Waals surface area (Å²) < 4.78 is 0. The number of nitrogens with one attached hydrogen (secondary N) is 1. The van der Waals surface area contributed by atoms with Gasteiger partial charge >= 0.3 is 0 Å². The second kappa shape index (κ2) is 6.23. The van der Waals surface area contributed by atoms with Crippen LogP contribution < -0.4 is 5.32 Å². The van der Waals surface area contributed by atoms with Crippen LogP contribution in [0.3, 0.4) is 0 Å². The molecule has 0 aromatic heterocycles. The minimum atomic E-state index is -1.01. The van der Waals surface area contributed by atoms with Gasteiger partial charge in [0, 0.05) is 11.3 Å². The van der Waals surface area contributed by atoms with E-state index in [1.807, 2.05) is 61.5 Å². The molecule has 0 heterocycles. The van der Waals surface area contributed by atoms with Crippen molar-refractivity contribution in [2.45, 2.75) is 20.3 Å². The number of para-hydroxylation sites is 1. The summed E-state index contributed by atoms with van der Waals surface area (Å²) >= 11 is 0. The highest BCUT2D eigenvalue weighted by Crippen LogP contribution is 2.29. The van der Waals surface area contributed by atoms with E-state index in [9.17, 15) is 10.1 Å². The van der Waals surface area contributed by atoms with E-state index in [0.717, 1.165) is 16.8 Å². The van der Waals surface area contributed by atoms with Crippen LogP contribution >= 0.6 is 0 Å². The Bertz CT molecular complexity index is 673. The van der Waals surface area contributed by atoms with Gasteiger partial charge in [-0.25, -0.2) is 0 Å². The number of amides is 1. The summed E-state index contributed by atoms with van der Waals surface area (Å²) in [6.07, 6.45) is 0.475. The molecule has 0 aliphatic carbocycles. The van der Waals surface area contributed by atoms with Gasteiger partial charge < -0.3 is 5.32 Å². The van der Waals surface area contributed by atoms with Gasteiger partial charge in [0.25, 0.3) is 0 Å². The van der Waals surface area contributed by atoms with Crippen molar-refractivity contribution in [3.63, 3.8) is 0 Å². The first kappa shape index (κ1) is 14.8. The van der Waals surface area contributed by atoms with Crippen molar-refractivity contribution >= 4 is 11.6 Å². The molecule has 0 radical (unpaired) electrons. The zero-order valence-electron chi connectivity index (χ0n) is 12.3. The highest BCUT2D eigenvalue weighted by atomic mass is 16.2. The highest BCUT2D eigenvalue weighted by molar-refractivity contribution is 6.00. The fourth-order valence-electron chi connectivity index (χ4n) is 2.01. The van der Waals surface area contributed by atoms with Crippen LogP contribution in [-0.4, -0.2) is 5.91 Å². The van der Waals surface area contributed by atoms with Crippen LogP contribution in [0.15, 0.2) is 54.6 Å². The molecule has 3 heteroatoms. The van der Waals surface area contributed by atoms with Gasteiger partial charge in [0.05, 0.1) is 6.07 Å². The lowest BCUT2D eigenvalue weighted by molar-refractivity contribution is -0.122. The standard InChI is InChI=1S/C18H18N2O/c1-3-18(2,13-19)17(21)20-16-12-8-7-11-15(16)14-9-5-4-6-10-14/h4-12H,3H2,1-2H3,(H,20,21). The molecule has 1 unspecified atom stereocenters. The molecule has 2 aromatic carbocycles. The predicted molar refractivity (Wildman–Crippen MR) is 84.5 cm³/mol. The largest absolute Gasteiger partial charge is 0.324 e. The predicted octanol–water partition coefficient (Wildman–Crippen LogP) is 4.23. The number of anilines is 1. The summed E-state index contributed by atoms with van der Waals surface area (Å²) in [4.78, 5) is 12.3. The SMILES string of the molecule is CCC(C)(C#N)C(=O)Nc1ccccc1-c1ccccc1. The maximum absolute atomic E-state index is 12.3. The summed E-state index contributed by atoms with van der Waals surface area (Å²) in [6.45, 7) is 3.50. The van der Waals surface area contributed by atoms with E-state index in [0.29, 0.717) is 6.42 Å². The van der Waals surface area contributed by atoms with Crippen LogP contribution in [0.2, 0.25) is 0 Å². The van der Waals surface area contributed by atoms with Crippen LogP contribution in [0.25, 0.3) is 11.1 Å². The summed E-state index contributed by atoms with van der Waals surface area (Å²) in [5, 5.41) is 12.1. The topological polar surface area (TPSA) is 52.9 Å². The molecule has 106 valence electrons. The van der Waals surface area contributed by atoms with Gasteiger partial charge in [-0.15, -0.1) is 0 Å². The molecule has 1 atom stereocenters. The highest BCUT2D eigenvalue weighted by Gasteiger charge is 2.31. The fourth-order valence-corrected chi connectivity index (χ4v) is 2.01. The van der Waals surface area contributed by atoms with E-state index in [1.54, 1.807) is 6.92 Å². The average molecular weight is 278 g/mol. The Kier molecular flexibility index (Phi) is 4.39. The minimum absolute atomic E-state index is 0.268. The van der Waals surface area contributed by atoms with Crippen molar-refractivity contribution in [3.8, 4) is 17.2 Å². The number of carbonyl (C=O) groups is 1. The van der Waals surface area contributed by atoms with Crippen molar-refractivity contribution in [2.75, 3.05) is 5.32 Å². The second-order valence-electron chi connectivity index (χ2n) is 5.16. The number of hydrogen-bond acceptors (Lipinski definition) is 2. The normalized spacial score (nSPS) is 13.0. The molecule has 0 aliphatic rings. The monoisotopic (exact) mass is 278 g/mol. The van der Waals surface area contributed by atoms with Crippen molar-refractivity contribution in [1.82, 2.24) is 0 Å². The Hall–Kier alpha value is -2.60. The first-order valence-corrected chi connectivity index (χ1v) is 6.98. The summed E-state index contributed by atoms with van der Waals surface area (Å²) in [7, 11) is 0.